The molecule has 4 rings (SSSR count). The third-order valence-corrected chi connectivity index (χ3v) is 5.82. The Kier molecular flexibility index (Phi) is 5.73. The second-order valence-electron chi connectivity index (χ2n) is 7.89. The first-order valence-electron chi connectivity index (χ1n) is 10.2. The van der Waals surface area contributed by atoms with Crippen LogP contribution in [0.25, 0.3) is 10.8 Å². The third-order valence-electron chi connectivity index (χ3n) is 5.82. The lowest BCUT2D eigenvalue weighted by Gasteiger charge is -2.31. The predicted octanol–water partition coefficient (Wildman–Crippen LogP) is 4.68. The van der Waals surface area contributed by atoms with Gasteiger partial charge in [0.05, 0.1) is 0 Å². The van der Waals surface area contributed by atoms with Crippen molar-refractivity contribution in [3.05, 3.63) is 83.4 Å². The van der Waals surface area contributed by atoms with Crippen LogP contribution < -0.4 is 5.32 Å². The van der Waals surface area contributed by atoms with Gasteiger partial charge in [-0.2, -0.15) is 0 Å². The minimum Gasteiger partial charge on any atom is -0.352 e. The highest BCUT2D eigenvalue weighted by atomic mass is 16.1. The molecule has 1 fully saturated rings. The lowest BCUT2D eigenvalue weighted by molar-refractivity contribution is -0.126. The maximum absolute atomic E-state index is 12.7. The van der Waals surface area contributed by atoms with Crippen LogP contribution in [0.3, 0.4) is 0 Å². The van der Waals surface area contributed by atoms with E-state index in [1.54, 1.807) is 0 Å². The summed E-state index contributed by atoms with van der Waals surface area (Å²) in [5.41, 5.74) is 3.83. The molecular formula is C25H28N2O. The van der Waals surface area contributed by atoms with E-state index in [0.29, 0.717) is 6.54 Å². The van der Waals surface area contributed by atoms with Crippen molar-refractivity contribution >= 4 is 16.7 Å². The Balaban J connectivity index is 1.28. The fourth-order valence-corrected chi connectivity index (χ4v) is 4.08. The van der Waals surface area contributed by atoms with Gasteiger partial charge in [0.2, 0.25) is 5.91 Å². The molecule has 0 atom stereocenters. The molecule has 28 heavy (non-hydrogen) atoms. The summed E-state index contributed by atoms with van der Waals surface area (Å²) in [6.07, 6.45) is 1.88. The Morgan fingerprint density at radius 1 is 0.964 bits per heavy atom. The standard InChI is InChI=1S/C25H28N2O/c1-19-9-11-20(12-10-19)18-27-15-13-22(14-16-27)25(28)26-17-23-7-4-6-21-5-2-3-8-24(21)23/h2-12,22H,13-18H2,1H3,(H,26,28). The Labute approximate surface area is 167 Å². The summed E-state index contributed by atoms with van der Waals surface area (Å²) in [6.45, 7) is 5.67. The fourth-order valence-electron chi connectivity index (χ4n) is 4.08. The molecule has 1 aliphatic rings. The van der Waals surface area contributed by atoms with E-state index >= 15 is 0 Å². The van der Waals surface area contributed by atoms with E-state index in [2.05, 4.69) is 83.9 Å². The lowest BCUT2D eigenvalue weighted by atomic mass is 9.95. The molecular weight excluding hydrogens is 344 g/mol. The van der Waals surface area contributed by atoms with E-state index in [-0.39, 0.29) is 11.8 Å². The first-order valence-corrected chi connectivity index (χ1v) is 10.2. The molecule has 0 bridgehead atoms. The highest BCUT2D eigenvalue weighted by Gasteiger charge is 2.24. The Hall–Kier alpha value is -2.65. The average molecular weight is 373 g/mol. The number of carbonyl (C=O) groups is 1. The molecule has 3 nitrogen and oxygen atoms in total. The van der Waals surface area contributed by atoms with Crippen molar-refractivity contribution in [2.24, 2.45) is 5.92 Å². The summed E-state index contributed by atoms with van der Waals surface area (Å²) in [5.74, 6) is 0.326. The number of fused-ring (bicyclic) bond motifs is 1. The first-order chi connectivity index (χ1) is 13.7. The van der Waals surface area contributed by atoms with Crippen LogP contribution in [0.2, 0.25) is 0 Å². The van der Waals surface area contributed by atoms with Crippen LogP contribution in [0.5, 0.6) is 0 Å². The molecule has 3 aromatic rings. The minimum atomic E-state index is 0.129. The minimum absolute atomic E-state index is 0.129. The Morgan fingerprint density at radius 2 is 1.68 bits per heavy atom. The number of likely N-dealkylation sites (tertiary alicyclic amines) is 1. The van der Waals surface area contributed by atoms with Gasteiger partial charge in [-0.15, -0.1) is 0 Å². The fraction of sp³-hybridized carbons (Fsp3) is 0.320. The number of benzene rings is 3. The van der Waals surface area contributed by atoms with Crippen LogP contribution in [-0.2, 0) is 17.9 Å². The SMILES string of the molecule is Cc1ccc(CN2CCC(C(=O)NCc3cccc4ccccc34)CC2)cc1. The summed E-state index contributed by atoms with van der Waals surface area (Å²) in [5, 5.41) is 5.62. The van der Waals surface area contributed by atoms with E-state index in [4.69, 9.17) is 0 Å². The van der Waals surface area contributed by atoms with Crippen LogP contribution in [0, 0.1) is 12.8 Å². The highest BCUT2D eigenvalue weighted by molar-refractivity contribution is 5.86. The smallest absolute Gasteiger partial charge is 0.223 e. The molecule has 3 heteroatoms. The second-order valence-corrected chi connectivity index (χ2v) is 7.89. The van der Waals surface area contributed by atoms with Crippen LogP contribution >= 0.6 is 0 Å². The number of hydrogen-bond donors (Lipinski definition) is 1. The van der Waals surface area contributed by atoms with Crippen molar-refractivity contribution in [2.45, 2.75) is 32.9 Å². The predicted molar refractivity (Wildman–Crippen MR) is 115 cm³/mol. The van der Waals surface area contributed by atoms with Gasteiger partial charge >= 0.3 is 0 Å². The molecule has 1 aliphatic heterocycles. The number of carbonyl (C=O) groups excluding carboxylic acids is 1. The molecule has 3 aromatic carbocycles. The maximum Gasteiger partial charge on any atom is 0.223 e. The molecule has 0 aromatic heterocycles. The maximum atomic E-state index is 12.7. The largest absolute Gasteiger partial charge is 0.352 e. The molecule has 1 saturated heterocycles. The second kappa shape index (κ2) is 8.57. The van der Waals surface area contributed by atoms with Gasteiger partial charge in [-0.1, -0.05) is 72.3 Å². The van der Waals surface area contributed by atoms with Gasteiger partial charge in [0.1, 0.15) is 0 Å². The Bertz CT molecular complexity index is 935. The van der Waals surface area contributed by atoms with E-state index in [1.807, 2.05) is 0 Å². The van der Waals surface area contributed by atoms with E-state index in [1.165, 1.54) is 27.5 Å². The van der Waals surface area contributed by atoms with Gasteiger partial charge in [0.15, 0.2) is 0 Å². The normalized spacial score (nSPS) is 15.6. The summed E-state index contributed by atoms with van der Waals surface area (Å²) in [4.78, 5) is 15.1. The monoisotopic (exact) mass is 372 g/mol. The Morgan fingerprint density at radius 3 is 2.46 bits per heavy atom. The highest BCUT2D eigenvalue weighted by Crippen LogP contribution is 2.21. The van der Waals surface area contributed by atoms with Crippen molar-refractivity contribution in [3.8, 4) is 0 Å². The molecule has 1 N–H and O–H groups in total. The molecule has 0 unspecified atom stereocenters. The van der Waals surface area contributed by atoms with Crippen molar-refractivity contribution in [2.75, 3.05) is 13.1 Å². The number of aryl methyl sites for hydroxylation is 1. The van der Waals surface area contributed by atoms with Crippen LogP contribution in [0.1, 0.15) is 29.5 Å². The van der Waals surface area contributed by atoms with Gasteiger partial charge in [0, 0.05) is 19.0 Å². The molecule has 144 valence electrons. The molecule has 0 spiro atoms. The molecule has 0 saturated carbocycles. The van der Waals surface area contributed by atoms with Crippen molar-refractivity contribution < 1.29 is 4.79 Å². The van der Waals surface area contributed by atoms with Crippen LogP contribution in [-0.4, -0.2) is 23.9 Å². The zero-order valence-electron chi connectivity index (χ0n) is 16.5. The van der Waals surface area contributed by atoms with E-state index in [0.717, 1.165) is 32.5 Å². The van der Waals surface area contributed by atoms with E-state index in [9.17, 15) is 4.79 Å². The topological polar surface area (TPSA) is 32.3 Å². The van der Waals surface area contributed by atoms with Gasteiger partial charge in [-0.05, 0) is 54.8 Å². The van der Waals surface area contributed by atoms with E-state index < -0.39 is 0 Å². The number of piperidine rings is 1. The van der Waals surface area contributed by atoms with Gasteiger partial charge in [0.25, 0.3) is 0 Å². The van der Waals surface area contributed by atoms with Crippen LogP contribution in [0.15, 0.2) is 66.7 Å². The average Bonchev–Trinajstić information content (AvgIpc) is 2.74. The third kappa shape index (κ3) is 4.42. The molecule has 0 radical (unpaired) electrons. The summed E-state index contributed by atoms with van der Waals surface area (Å²) in [7, 11) is 0. The van der Waals surface area contributed by atoms with Crippen molar-refractivity contribution in [3.63, 3.8) is 0 Å². The van der Waals surface area contributed by atoms with Gasteiger partial charge in [-0.25, -0.2) is 0 Å². The van der Waals surface area contributed by atoms with Gasteiger partial charge < -0.3 is 5.32 Å². The van der Waals surface area contributed by atoms with Crippen molar-refractivity contribution in [1.29, 1.82) is 0 Å². The molecule has 1 amide bonds. The number of hydrogen-bond acceptors (Lipinski definition) is 2. The summed E-state index contributed by atoms with van der Waals surface area (Å²) < 4.78 is 0. The molecule has 0 aliphatic carbocycles. The zero-order valence-corrected chi connectivity index (χ0v) is 16.5. The number of nitrogens with zero attached hydrogens (tertiary/aromatic N) is 1. The lowest BCUT2D eigenvalue weighted by Crippen LogP contribution is -2.40. The zero-order chi connectivity index (χ0) is 19.3. The van der Waals surface area contributed by atoms with Crippen molar-refractivity contribution in [1.82, 2.24) is 10.2 Å². The summed E-state index contributed by atoms with van der Waals surface area (Å²) >= 11 is 0. The quantitative estimate of drug-likeness (QED) is 0.705. The van der Waals surface area contributed by atoms with Crippen LogP contribution in [0.4, 0.5) is 0 Å². The first kappa shape index (κ1) is 18.7. The number of amides is 1. The van der Waals surface area contributed by atoms with Gasteiger partial charge in [-0.3, -0.25) is 9.69 Å². The number of nitrogens with one attached hydrogen (secondary N) is 1. The summed E-state index contributed by atoms with van der Waals surface area (Å²) in [6, 6.07) is 23.4. The number of rotatable bonds is 5. The molecule has 1 heterocycles.